The summed E-state index contributed by atoms with van der Waals surface area (Å²) in [5.74, 6) is 1.11. The van der Waals surface area contributed by atoms with E-state index < -0.39 is 18.3 Å². The number of aliphatic hydroxyl groups is 5. The van der Waals surface area contributed by atoms with Crippen LogP contribution in [0.4, 0.5) is 0 Å². The van der Waals surface area contributed by atoms with Crippen molar-refractivity contribution >= 4 is 0 Å². The number of fused-ring (bicyclic) bond motifs is 5. The van der Waals surface area contributed by atoms with Crippen LogP contribution in [0.5, 0.6) is 0 Å². The quantitative estimate of drug-likeness (QED) is 0.387. The molecule has 4 aliphatic carbocycles. The third kappa shape index (κ3) is 4.04. The molecule has 0 saturated heterocycles. The molecule has 0 bridgehead atoms. The summed E-state index contributed by atoms with van der Waals surface area (Å²) in [6, 6.07) is 0. The van der Waals surface area contributed by atoms with Crippen LogP contribution in [0.15, 0.2) is 12.2 Å². The van der Waals surface area contributed by atoms with Crippen LogP contribution in [0.2, 0.25) is 0 Å². The van der Waals surface area contributed by atoms with Gasteiger partial charge in [0.15, 0.2) is 0 Å². The maximum atomic E-state index is 11.4. The van der Waals surface area contributed by atoms with Crippen molar-refractivity contribution in [3.05, 3.63) is 12.2 Å². The van der Waals surface area contributed by atoms with Crippen molar-refractivity contribution in [2.24, 2.45) is 52.3 Å². The summed E-state index contributed by atoms with van der Waals surface area (Å²) >= 11 is 0. The van der Waals surface area contributed by atoms with Crippen LogP contribution in [-0.2, 0) is 0 Å². The number of hydrogen-bond donors (Lipinski definition) is 5. The van der Waals surface area contributed by atoms with Crippen molar-refractivity contribution in [3.63, 3.8) is 0 Å². The summed E-state index contributed by atoms with van der Waals surface area (Å²) < 4.78 is 0. The Morgan fingerprint density at radius 3 is 2.27 bits per heavy atom. The molecule has 33 heavy (non-hydrogen) atoms. The lowest BCUT2D eigenvalue weighted by Gasteiger charge is -2.62. The Labute approximate surface area is 200 Å². The summed E-state index contributed by atoms with van der Waals surface area (Å²) in [7, 11) is 0. The van der Waals surface area contributed by atoms with Gasteiger partial charge in [0.1, 0.15) is 0 Å². The van der Waals surface area contributed by atoms with Crippen molar-refractivity contribution in [2.45, 2.75) is 103 Å². The Bertz CT molecular complexity index is 725. The summed E-state index contributed by atoms with van der Waals surface area (Å²) in [6.45, 7) is 13.1. The van der Waals surface area contributed by atoms with Gasteiger partial charge in [-0.05, 0) is 104 Å². The third-order valence-corrected chi connectivity index (χ3v) is 11.3. The van der Waals surface area contributed by atoms with E-state index in [4.69, 9.17) is 0 Å². The normalized spacial score (nSPS) is 51.2. The van der Waals surface area contributed by atoms with Crippen LogP contribution in [0, 0.1) is 52.3 Å². The average molecular weight is 465 g/mol. The molecule has 0 radical (unpaired) electrons. The van der Waals surface area contributed by atoms with E-state index in [0.717, 1.165) is 44.1 Å². The molecule has 4 rings (SSSR count). The summed E-state index contributed by atoms with van der Waals surface area (Å²) in [5.41, 5.74) is 0.896. The van der Waals surface area contributed by atoms with Gasteiger partial charge in [-0.25, -0.2) is 0 Å². The summed E-state index contributed by atoms with van der Waals surface area (Å²) in [4.78, 5) is 0. The molecule has 0 amide bonds. The van der Waals surface area contributed by atoms with Crippen molar-refractivity contribution in [3.8, 4) is 0 Å². The zero-order valence-electron chi connectivity index (χ0n) is 21.2. The maximum absolute atomic E-state index is 11.4. The molecule has 4 saturated carbocycles. The lowest BCUT2D eigenvalue weighted by molar-refractivity contribution is -0.181. The van der Waals surface area contributed by atoms with Gasteiger partial charge < -0.3 is 25.5 Å². The summed E-state index contributed by atoms with van der Waals surface area (Å²) in [6.07, 6.45) is 4.64. The Balaban J connectivity index is 1.56. The minimum Gasteiger partial charge on any atom is -0.396 e. The van der Waals surface area contributed by atoms with E-state index in [9.17, 15) is 25.5 Å². The fraction of sp³-hybridized carbons (Fsp3) is 0.929. The molecule has 0 aromatic carbocycles. The van der Waals surface area contributed by atoms with Crippen molar-refractivity contribution in [2.75, 3.05) is 6.61 Å². The van der Waals surface area contributed by atoms with Gasteiger partial charge in [-0.2, -0.15) is 0 Å². The molecule has 5 heteroatoms. The van der Waals surface area contributed by atoms with E-state index in [1.165, 1.54) is 0 Å². The van der Waals surface area contributed by atoms with Gasteiger partial charge in [0.2, 0.25) is 0 Å². The second-order valence-corrected chi connectivity index (χ2v) is 12.9. The maximum Gasteiger partial charge on any atom is 0.0838 e. The van der Waals surface area contributed by atoms with E-state index in [2.05, 4.69) is 27.4 Å². The van der Waals surface area contributed by atoms with Crippen LogP contribution >= 0.6 is 0 Å². The van der Waals surface area contributed by atoms with Gasteiger partial charge in [0, 0.05) is 6.61 Å². The highest BCUT2D eigenvalue weighted by Gasteiger charge is 2.67. The van der Waals surface area contributed by atoms with Gasteiger partial charge in [-0.1, -0.05) is 39.8 Å². The highest BCUT2D eigenvalue weighted by atomic mass is 16.3. The Kier molecular flexibility index (Phi) is 7.15. The predicted octanol–water partition coefficient (Wildman–Crippen LogP) is 3.52. The van der Waals surface area contributed by atoms with Crippen LogP contribution < -0.4 is 0 Å². The van der Waals surface area contributed by atoms with Gasteiger partial charge in [0.05, 0.1) is 24.4 Å². The predicted molar refractivity (Wildman–Crippen MR) is 129 cm³/mol. The molecule has 0 aromatic rings. The summed E-state index contributed by atoms with van der Waals surface area (Å²) in [5, 5.41) is 53.6. The number of rotatable bonds is 6. The minimum atomic E-state index is -0.753. The molecule has 13 atom stereocenters. The number of hydrogen-bond acceptors (Lipinski definition) is 5. The van der Waals surface area contributed by atoms with E-state index in [1.54, 1.807) is 0 Å². The molecular formula is C28H48O5. The molecule has 0 aliphatic heterocycles. The lowest BCUT2D eigenvalue weighted by Crippen LogP contribution is -2.59. The molecule has 3 unspecified atom stereocenters. The standard InChI is InChI=1S/C28H48O5/c1-15(17(3)14-29)6-7-16(2)23-25(32)26(33)24-19-13-22(31)21-12-18(30)8-10-27(21,4)20(19)9-11-28(23,24)5/h16-26,29-33H,1,6-14H2,2-5H3/t16-,17+,18+,19-,20?,21?,22-,23+,24?,25-,26-,27-,28-/m1/s1. The highest BCUT2D eigenvalue weighted by molar-refractivity contribution is 5.16. The second kappa shape index (κ2) is 9.20. The van der Waals surface area contributed by atoms with Gasteiger partial charge in [0.25, 0.3) is 0 Å². The molecule has 4 fully saturated rings. The highest BCUT2D eigenvalue weighted by Crippen LogP contribution is 2.68. The van der Waals surface area contributed by atoms with E-state index >= 15 is 0 Å². The van der Waals surface area contributed by atoms with Crippen LogP contribution in [0.1, 0.15) is 79.1 Å². The molecule has 5 N–H and O–H groups in total. The zero-order chi connectivity index (χ0) is 24.3. The van der Waals surface area contributed by atoms with E-state index in [-0.39, 0.29) is 59.0 Å². The molecule has 0 heterocycles. The Morgan fingerprint density at radius 2 is 1.61 bits per heavy atom. The first-order valence-corrected chi connectivity index (χ1v) is 13.5. The van der Waals surface area contributed by atoms with Crippen LogP contribution in [-0.4, -0.2) is 56.6 Å². The van der Waals surface area contributed by atoms with Crippen LogP contribution in [0.25, 0.3) is 0 Å². The molecule has 0 spiro atoms. The molecule has 0 aromatic heterocycles. The zero-order valence-corrected chi connectivity index (χ0v) is 21.2. The van der Waals surface area contributed by atoms with E-state index in [0.29, 0.717) is 18.8 Å². The van der Waals surface area contributed by atoms with Crippen LogP contribution in [0.3, 0.4) is 0 Å². The first-order valence-electron chi connectivity index (χ1n) is 13.5. The first kappa shape index (κ1) is 25.6. The monoisotopic (exact) mass is 464 g/mol. The Morgan fingerprint density at radius 1 is 0.939 bits per heavy atom. The first-order chi connectivity index (χ1) is 15.5. The molecule has 5 nitrogen and oxygen atoms in total. The lowest BCUT2D eigenvalue weighted by atomic mass is 9.43. The molecular weight excluding hydrogens is 416 g/mol. The smallest absolute Gasteiger partial charge is 0.0838 e. The number of aliphatic hydroxyl groups excluding tert-OH is 5. The fourth-order valence-electron chi connectivity index (χ4n) is 9.36. The molecule has 190 valence electrons. The largest absolute Gasteiger partial charge is 0.396 e. The van der Waals surface area contributed by atoms with Gasteiger partial charge >= 0.3 is 0 Å². The van der Waals surface area contributed by atoms with Crippen molar-refractivity contribution in [1.82, 2.24) is 0 Å². The van der Waals surface area contributed by atoms with Gasteiger partial charge in [-0.3, -0.25) is 0 Å². The van der Waals surface area contributed by atoms with Crippen molar-refractivity contribution < 1.29 is 25.5 Å². The van der Waals surface area contributed by atoms with Crippen molar-refractivity contribution in [1.29, 1.82) is 0 Å². The topological polar surface area (TPSA) is 101 Å². The molecule has 4 aliphatic rings. The SMILES string of the molecule is C=C(CC[C@@H](C)[C@H]1[C@@H](O)[C@H](O)C2[C@@H]3C[C@@H](O)C4C[C@@H](O)CC[C@]4(C)C3CC[C@@]21C)[C@@H](C)CO. The fourth-order valence-corrected chi connectivity index (χ4v) is 9.36. The average Bonchev–Trinajstić information content (AvgIpc) is 2.98. The van der Waals surface area contributed by atoms with Gasteiger partial charge in [-0.15, -0.1) is 0 Å². The third-order valence-electron chi connectivity index (χ3n) is 11.3. The van der Waals surface area contributed by atoms with E-state index in [1.807, 2.05) is 6.92 Å². The Hall–Kier alpha value is -0.460. The second-order valence-electron chi connectivity index (χ2n) is 12.9. The minimum absolute atomic E-state index is 0.00228.